The maximum atomic E-state index is 9.65. The average molecular weight is 232 g/mol. The van der Waals surface area contributed by atoms with Crippen LogP contribution in [0.1, 0.15) is 25.6 Å². The third-order valence-corrected chi connectivity index (χ3v) is 2.44. The summed E-state index contributed by atoms with van der Waals surface area (Å²) in [6.07, 6.45) is 1.93. The summed E-state index contributed by atoms with van der Waals surface area (Å²) < 4.78 is 7.56. The Balaban J connectivity index is 2.33. The molecule has 1 N–H and O–H groups in total. The van der Waals surface area contributed by atoms with Crippen molar-refractivity contribution in [2.45, 2.75) is 26.8 Å². The summed E-state index contributed by atoms with van der Waals surface area (Å²) in [7, 11) is 0. The number of hydrogen-bond donors (Lipinski definition) is 1. The molecule has 0 aliphatic rings. The molecule has 0 radical (unpaired) electrons. The molecule has 0 saturated heterocycles. The van der Waals surface area contributed by atoms with Crippen molar-refractivity contribution in [2.75, 3.05) is 0 Å². The zero-order chi connectivity index (χ0) is 12.4. The van der Waals surface area contributed by atoms with Crippen LogP contribution >= 0.6 is 0 Å². The number of nitrogens with zero attached hydrogens (tertiary/aromatic N) is 2. The van der Waals surface area contributed by atoms with E-state index < -0.39 is 0 Å². The molecule has 0 atom stereocenters. The number of phenolic OH excluding ortho intramolecular Hbond substituents is 1. The number of para-hydroxylation sites is 2. The maximum Gasteiger partial charge on any atom is 0.302 e. The number of aromatic nitrogens is 2. The lowest BCUT2D eigenvalue weighted by atomic mass is 10.3. The minimum absolute atomic E-state index is 0.114. The van der Waals surface area contributed by atoms with E-state index in [0.717, 1.165) is 5.69 Å². The first kappa shape index (κ1) is 11.5. The third-order valence-electron chi connectivity index (χ3n) is 2.44. The van der Waals surface area contributed by atoms with Gasteiger partial charge in [-0.25, -0.2) is 4.98 Å². The molecular weight excluding hydrogens is 216 g/mol. The molecule has 0 spiro atoms. The summed E-state index contributed by atoms with van der Waals surface area (Å²) in [6.45, 7) is 6.02. The molecule has 4 heteroatoms. The highest BCUT2D eigenvalue weighted by Gasteiger charge is 2.12. The number of aromatic hydroxyl groups is 1. The van der Waals surface area contributed by atoms with Crippen LogP contribution in [-0.2, 0) is 0 Å². The van der Waals surface area contributed by atoms with Crippen LogP contribution in [0.2, 0.25) is 0 Å². The van der Waals surface area contributed by atoms with E-state index in [9.17, 15) is 5.11 Å². The maximum absolute atomic E-state index is 9.65. The molecule has 0 bridgehead atoms. The van der Waals surface area contributed by atoms with Crippen LogP contribution in [0.25, 0.3) is 0 Å². The lowest BCUT2D eigenvalue weighted by molar-refractivity contribution is 0.366. The predicted octanol–water partition coefficient (Wildman–Crippen LogP) is 3.27. The minimum atomic E-state index is 0.114. The van der Waals surface area contributed by atoms with Gasteiger partial charge in [-0.05, 0) is 32.9 Å². The largest absolute Gasteiger partial charge is 0.504 e. The second-order valence-electron chi connectivity index (χ2n) is 4.24. The van der Waals surface area contributed by atoms with Gasteiger partial charge in [0.05, 0.1) is 5.69 Å². The van der Waals surface area contributed by atoms with E-state index in [1.807, 2.05) is 23.8 Å². The van der Waals surface area contributed by atoms with Crippen LogP contribution in [0.3, 0.4) is 0 Å². The van der Waals surface area contributed by atoms with Gasteiger partial charge in [0.2, 0.25) is 0 Å². The molecule has 2 rings (SSSR count). The summed E-state index contributed by atoms with van der Waals surface area (Å²) in [5.41, 5.74) is 0.893. The Kier molecular flexibility index (Phi) is 3.04. The highest BCUT2D eigenvalue weighted by Crippen LogP contribution is 2.30. The van der Waals surface area contributed by atoms with Crippen LogP contribution in [0.5, 0.6) is 17.5 Å². The first-order valence-corrected chi connectivity index (χ1v) is 5.59. The van der Waals surface area contributed by atoms with Crippen molar-refractivity contribution in [3.63, 3.8) is 0 Å². The van der Waals surface area contributed by atoms with Gasteiger partial charge in [0.1, 0.15) is 0 Å². The van der Waals surface area contributed by atoms with Crippen molar-refractivity contribution in [1.29, 1.82) is 0 Å². The molecule has 1 heterocycles. The quantitative estimate of drug-likeness (QED) is 0.883. The Labute approximate surface area is 100 Å². The van der Waals surface area contributed by atoms with Gasteiger partial charge in [-0.1, -0.05) is 12.1 Å². The second kappa shape index (κ2) is 4.49. The second-order valence-corrected chi connectivity index (χ2v) is 4.24. The topological polar surface area (TPSA) is 47.3 Å². The van der Waals surface area contributed by atoms with E-state index in [2.05, 4.69) is 18.8 Å². The van der Waals surface area contributed by atoms with E-state index in [4.69, 9.17) is 4.74 Å². The zero-order valence-electron chi connectivity index (χ0n) is 10.2. The fourth-order valence-corrected chi connectivity index (χ4v) is 1.58. The van der Waals surface area contributed by atoms with Gasteiger partial charge in [-0.3, -0.25) is 4.57 Å². The van der Waals surface area contributed by atoms with Crippen molar-refractivity contribution < 1.29 is 9.84 Å². The van der Waals surface area contributed by atoms with Gasteiger partial charge in [-0.15, -0.1) is 0 Å². The number of phenols is 1. The number of imidazole rings is 1. The minimum Gasteiger partial charge on any atom is -0.504 e. The Morgan fingerprint density at radius 1 is 1.29 bits per heavy atom. The van der Waals surface area contributed by atoms with Gasteiger partial charge < -0.3 is 9.84 Å². The Hall–Kier alpha value is -1.97. The van der Waals surface area contributed by atoms with Crippen molar-refractivity contribution in [3.8, 4) is 17.5 Å². The lowest BCUT2D eigenvalue weighted by Crippen LogP contribution is -2.02. The summed E-state index contributed by atoms with van der Waals surface area (Å²) in [6, 6.07) is 7.62. The number of hydrogen-bond acceptors (Lipinski definition) is 3. The van der Waals surface area contributed by atoms with Crippen molar-refractivity contribution in [2.24, 2.45) is 0 Å². The summed E-state index contributed by atoms with van der Waals surface area (Å²) in [4.78, 5) is 4.30. The molecule has 0 aliphatic heterocycles. The van der Waals surface area contributed by atoms with Crippen LogP contribution in [0.15, 0.2) is 30.5 Å². The van der Waals surface area contributed by atoms with E-state index in [0.29, 0.717) is 11.8 Å². The molecule has 1 aromatic heterocycles. The summed E-state index contributed by atoms with van der Waals surface area (Å²) in [5.74, 6) is 0.531. The van der Waals surface area contributed by atoms with Gasteiger partial charge in [0.15, 0.2) is 11.5 Å². The van der Waals surface area contributed by atoms with Gasteiger partial charge in [0, 0.05) is 12.2 Å². The first-order chi connectivity index (χ1) is 8.08. The number of rotatable bonds is 3. The third kappa shape index (κ3) is 2.41. The summed E-state index contributed by atoms with van der Waals surface area (Å²) >= 11 is 0. The van der Waals surface area contributed by atoms with E-state index in [1.165, 1.54) is 0 Å². The van der Waals surface area contributed by atoms with Gasteiger partial charge in [-0.2, -0.15) is 0 Å². The molecule has 4 nitrogen and oxygen atoms in total. The fourth-order valence-electron chi connectivity index (χ4n) is 1.58. The van der Waals surface area contributed by atoms with E-state index in [1.54, 1.807) is 18.2 Å². The molecule has 0 amide bonds. The molecule has 0 fully saturated rings. The Morgan fingerprint density at radius 2 is 2.00 bits per heavy atom. The zero-order valence-corrected chi connectivity index (χ0v) is 10.2. The molecule has 1 aromatic carbocycles. The lowest BCUT2D eigenvalue weighted by Gasteiger charge is -2.12. The highest BCUT2D eigenvalue weighted by molar-refractivity contribution is 5.39. The smallest absolute Gasteiger partial charge is 0.302 e. The van der Waals surface area contributed by atoms with Crippen molar-refractivity contribution >= 4 is 0 Å². The molecule has 90 valence electrons. The van der Waals surface area contributed by atoms with Gasteiger partial charge >= 0.3 is 6.01 Å². The van der Waals surface area contributed by atoms with Crippen LogP contribution < -0.4 is 4.74 Å². The Bertz CT molecular complexity index is 518. The van der Waals surface area contributed by atoms with Crippen molar-refractivity contribution in [3.05, 3.63) is 36.2 Å². The SMILES string of the molecule is Cc1cn(C(C)C)c(Oc2ccccc2O)n1. The Morgan fingerprint density at radius 3 is 2.65 bits per heavy atom. The monoisotopic (exact) mass is 232 g/mol. The van der Waals surface area contributed by atoms with Crippen LogP contribution in [0, 0.1) is 6.92 Å². The van der Waals surface area contributed by atoms with Gasteiger partial charge in [0.25, 0.3) is 0 Å². The van der Waals surface area contributed by atoms with Crippen LogP contribution in [-0.4, -0.2) is 14.7 Å². The number of aryl methyl sites for hydroxylation is 1. The molecule has 0 unspecified atom stereocenters. The fraction of sp³-hybridized carbons (Fsp3) is 0.308. The number of ether oxygens (including phenoxy) is 1. The summed E-state index contributed by atoms with van der Waals surface area (Å²) in [5, 5.41) is 9.65. The normalized spacial score (nSPS) is 10.8. The van der Waals surface area contributed by atoms with E-state index >= 15 is 0 Å². The molecule has 0 aliphatic carbocycles. The number of benzene rings is 1. The molecule has 17 heavy (non-hydrogen) atoms. The predicted molar refractivity (Wildman–Crippen MR) is 65.5 cm³/mol. The first-order valence-electron chi connectivity index (χ1n) is 5.59. The van der Waals surface area contributed by atoms with Crippen LogP contribution in [0.4, 0.5) is 0 Å². The standard InChI is InChI=1S/C13H16N2O2/c1-9(2)15-8-10(3)14-13(15)17-12-7-5-4-6-11(12)16/h4-9,16H,1-3H3. The molecular formula is C13H16N2O2. The van der Waals surface area contributed by atoms with Crippen molar-refractivity contribution in [1.82, 2.24) is 9.55 Å². The average Bonchev–Trinajstić information content (AvgIpc) is 2.63. The molecule has 2 aromatic rings. The highest BCUT2D eigenvalue weighted by atomic mass is 16.5. The molecule has 0 saturated carbocycles. The van der Waals surface area contributed by atoms with E-state index in [-0.39, 0.29) is 11.8 Å².